The molecule has 0 saturated heterocycles. The Bertz CT molecular complexity index is 1140. The second-order valence-corrected chi connectivity index (χ2v) is 12.0. The first-order valence-corrected chi connectivity index (χ1v) is 12.9. The highest BCUT2D eigenvalue weighted by molar-refractivity contribution is 6.34. The second-order valence-electron chi connectivity index (χ2n) is 11.6. The number of halogens is 1. The summed E-state index contributed by atoms with van der Waals surface area (Å²) in [5, 5.41) is 37.8. The van der Waals surface area contributed by atoms with Gasteiger partial charge in [0, 0.05) is 19.4 Å². The third-order valence-electron chi connectivity index (χ3n) is 8.69. The molecule has 3 aliphatic carbocycles. The number of ketones is 1. The van der Waals surface area contributed by atoms with Crippen LogP contribution in [-0.4, -0.2) is 61.3 Å². The number of ether oxygens (including phenoxy) is 1. The van der Waals surface area contributed by atoms with Gasteiger partial charge < -0.3 is 20.1 Å². The molecule has 1 aromatic heterocycles. The molecule has 36 heavy (non-hydrogen) atoms. The van der Waals surface area contributed by atoms with E-state index in [-0.39, 0.29) is 33.4 Å². The number of carbonyl (C=O) groups is 2. The molecular weight excluding hydrogens is 484 g/mol. The fourth-order valence-electron chi connectivity index (χ4n) is 6.49. The predicted molar refractivity (Wildman–Crippen MR) is 134 cm³/mol. The predicted octanol–water partition coefficient (Wildman–Crippen LogP) is 3.16. The summed E-state index contributed by atoms with van der Waals surface area (Å²) in [6.45, 7) is 9.29. The van der Waals surface area contributed by atoms with Crippen molar-refractivity contribution in [3.63, 3.8) is 0 Å². The van der Waals surface area contributed by atoms with Gasteiger partial charge in [0.15, 0.2) is 11.8 Å². The number of aromatic nitrogens is 2. The van der Waals surface area contributed by atoms with Gasteiger partial charge >= 0.3 is 5.97 Å². The molecule has 198 valence electrons. The highest BCUT2D eigenvalue weighted by Gasteiger charge is 2.63. The monoisotopic (exact) mass is 520 g/mol. The molecule has 8 nitrogen and oxygen atoms in total. The van der Waals surface area contributed by atoms with Crippen LogP contribution in [-0.2, 0) is 16.6 Å². The van der Waals surface area contributed by atoms with Gasteiger partial charge in [0.2, 0.25) is 0 Å². The number of carbonyl (C=O) groups excluding carboxylic acids is 2. The molecule has 3 aliphatic rings. The Balaban J connectivity index is 1.82. The number of allylic oxidation sites excluding steroid dienone is 2. The van der Waals surface area contributed by atoms with E-state index in [2.05, 4.69) is 25.9 Å². The molecule has 2 bridgehead atoms. The molecule has 0 radical (unpaired) electrons. The van der Waals surface area contributed by atoms with Gasteiger partial charge in [0.05, 0.1) is 17.3 Å². The van der Waals surface area contributed by atoms with Gasteiger partial charge in [0.25, 0.3) is 0 Å². The van der Waals surface area contributed by atoms with Crippen molar-refractivity contribution in [2.24, 2.45) is 36.1 Å². The third kappa shape index (κ3) is 4.36. The van der Waals surface area contributed by atoms with Crippen LogP contribution in [0.15, 0.2) is 23.3 Å². The number of nitrogens with zero attached hydrogens (tertiary/aromatic N) is 2. The zero-order chi connectivity index (χ0) is 26.7. The molecule has 9 heteroatoms. The van der Waals surface area contributed by atoms with Gasteiger partial charge in [-0.2, -0.15) is 5.10 Å². The number of esters is 1. The molecule has 7 atom stereocenters. The van der Waals surface area contributed by atoms with Gasteiger partial charge in [0.1, 0.15) is 17.5 Å². The first-order chi connectivity index (χ1) is 16.7. The lowest BCUT2D eigenvalue weighted by atomic mass is 9.79. The van der Waals surface area contributed by atoms with Crippen molar-refractivity contribution in [2.45, 2.75) is 71.7 Å². The van der Waals surface area contributed by atoms with E-state index >= 15 is 0 Å². The maximum absolute atomic E-state index is 13.7. The zero-order valence-corrected chi connectivity index (χ0v) is 22.5. The number of aryl methyl sites for hydroxylation is 2. The molecule has 1 heterocycles. The largest absolute Gasteiger partial charge is 0.450 e. The Hall–Kier alpha value is -2.00. The Morgan fingerprint density at radius 2 is 2.00 bits per heavy atom. The van der Waals surface area contributed by atoms with E-state index in [1.165, 1.54) is 4.68 Å². The van der Waals surface area contributed by atoms with E-state index in [0.717, 1.165) is 6.42 Å². The molecule has 0 aromatic carbocycles. The Morgan fingerprint density at radius 3 is 2.58 bits per heavy atom. The molecule has 0 amide bonds. The summed E-state index contributed by atoms with van der Waals surface area (Å²) in [6.07, 6.45) is 1.78. The summed E-state index contributed by atoms with van der Waals surface area (Å²) in [7, 11) is 1.56. The van der Waals surface area contributed by atoms with Crippen LogP contribution in [0, 0.1) is 36.0 Å². The van der Waals surface area contributed by atoms with Crippen molar-refractivity contribution in [3.05, 3.63) is 39.7 Å². The number of Topliss-reactive ketones (excluding diaryl/α,β-unsaturated/α-hetero) is 1. The number of aliphatic hydroxyl groups is 3. The van der Waals surface area contributed by atoms with Crippen LogP contribution in [0.1, 0.15) is 63.1 Å². The van der Waals surface area contributed by atoms with Crippen LogP contribution < -0.4 is 0 Å². The van der Waals surface area contributed by atoms with Crippen molar-refractivity contribution < 1.29 is 29.6 Å². The summed E-state index contributed by atoms with van der Waals surface area (Å²) < 4.78 is 7.16. The lowest BCUT2D eigenvalue weighted by Gasteiger charge is -2.39. The minimum absolute atomic E-state index is 0.0119. The quantitative estimate of drug-likeness (QED) is 0.413. The Kier molecular flexibility index (Phi) is 7.05. The number of hydrogen-bond donors (Lipinski definition) is 3. The Morgan fingerprint density at radius 1 is 1.33 bits per heavy atom. The smallest absolute Gasteiger partial charge is 0.358 e. The average Bonchev–Trinajstić information content (AvgIpc) is 3.24. The van der Waals surface area contributed by atoms with Gasteiger partial charge in [-0.25, -0.2) is 4.79 Å². The summed E-state index contributed by atoms with van der Waals surface area (Å²) in [4.78, 5) is 27.0. The number of hydrogen-bond acceptors (Lipinski definition) is 7. The van der Waals surface area contributed by atoms with Crippen molar-refractivity contribution >= 4 is 23.4 Å². The number of rotatable bonds is 3. The molecule has 4 rings (SSSR count). The van der Waals surface area contributed by atoms with Crippen LogP contribution in [0.3, 0.4) is 0 Å². The lowest BCUT2D eigenvalue weighted by molar-refractivity contribution is -0.148. The molecular formula is C27H37ClN2O6. The third-order valence-corrected chi connectivity index (χ3v) is 9.14. The molecule has 0 unspecified atom stereocenters. The second kappa shape index (κ2) is 9.39. The van der Waals surface area contributed by atoms with Crippen LogP contribution in [0.25, 0.3) is 0 Å². The lowest BCUT2D eigenvalue weighted by Crippen LogP contribution is -2.56. The van der Waals surface area contributed by atoms with Crippen LogP contribution in [0.5, 0.6) is 0 Å². The van der Waals surface area contributed by atoms with Gasteiger partial charge in [-0.1, -0.05) is 44.5 Å². The van der Waals surface area contributed by atoms with Crippen LogP contribution >= 0.6 is 11.6 Å². The summed E-state index contributed by atoms with van der Waals surface area (Å²) >= 11 is 6.30. The SMILES string of the molecule is C/C1=C/C[C@H](C)C[C@@H]2[C@H]([C@@H]3C=C(CO)[C@@H](O)[C@@](O)(CC3=O)[C@H]1OC(=O)c1c(Cl)c(C)nn1C)C2(C)C. The first kappa shape index (κ1) is 27.0. The van der Waals surface area contributed by atoms with Crippen LogP contribution in [0.4, 0.5) is 0 Å². The zero-order valence-electron chi connectivity index (χ0n) is 21.8. The summed E-state index contributed by atoms with van der Waals surface area (Å²) in [6, 6.07) is 0. The van der Waals surface area contributed by atoms with E-state index in [0.29, 0.717) is 29.5 Å². The van der Waals surface area contributed by atoms with Crippen molar-refractivity contribution in [1.29, 1.82) is 0 Å². The van der Waals surface area contributed by atoms with Gasteiger partial charge in [-0.05, 0) is 61.0 Å². The van der Waals surface area contributed by atoms with E-state index in [1.807, 2.05) is 6.08 Å². The normalized spacial score (nSPS) is 37.6. The standard InChI is InChI=1S/C27H37ClN2O6/c1-13-7-8-14(2)24(36-25(34)22-21(28)15(3)29-30(22)6)27(35)11-19(32)17(10-16(12-31)23(27)33)20-18(9-13)26(20,4)5/h8,10,13,17-18,20,23-24,31,33,35H,7,9,11-12H2,1-6H3/b14-8-/t13-,17+,18+,20-,23+,24-,27-/m0/s1. The minimum Gasteiger partial charge on any atom is -0.450 e. The average molecular weight is 521 g/mol. The Labute approximate surface area is 217 Å². The number of fused-ring (bicyclic) bond motifs is 5. The molecule has 1 saturated carbocycles. The molecule has 1 aromatic rings. The van der Waals surface area contributed by atoms with Crippen molar-refractivity contribution in [1.82, 2.24) is 9.78 Å². The molecule has 0 aliphatic heterocycles. The van der Waals surface area contributed by atoms with Crippen molar-refractivity contribution in [3.8, 4) is 0 Å². The van der Waals surface area contributed by atoms with E-state index < -0.39 is 42.7 Å². The first-order valence-electron chi connectivity index (χ1n) is 12.5. The molecule has 0 spiro atoms. The fraction of sp³-hybridized carbons (Fsp3) is 0.667. The molecule has 3 N–H and O–H groups in total. The van der Waals surface area contributed by atoms with Crippen LogP contribution in [0.2, 0.25) is 5.02 Å². The highest BCUT2D eigenvalue weighted by atomic mass is 35.5. The van der Waals surface area contributed by atoms with Gasteiger partial charge in [-0.3, -0.25) is 9.48 Å². The topological polar surface area (TPSA) is 122 Å². The van der Waals surface area contributed by atoms with Gasteiger partial charge in [-0.15, -0.1) is 0 Å². The maximum Gasteiger partial charge on any atom is 0.358 e. The molecule has 1 fully saturated rings. The van der Waals surface area contributed by atoms with E-state index in [4.69, 9.17) is 16.3 Å². The minimum atomic E-state index is -2.17. The summed E-state index contributed by atoms with van der Waals surface area (Å²) in [5.74, 6) is -0.944. The number of aliphatic hydroxyl groups excluding tert-OH is 2. The maximum atomic E-state index is 13.7. The highest BCUT2D eigenvalue weighted by Crippen LogP contribution is 2.65. The van der Waals surface area contributed by atoms with E-state index in [1.54, 1.807) is 27.0 Å². The van der Waals surface area contributed by atoms with Crippen molar-refractivity contribution in [2.75, 3.05) is 6.61 Å². The summed E-state index contributed by atoms with van der Waals surface area (Å²) in [5.41, 5.74) is -1.12. The van der Waals surface area contributed by atoms with E-state index in [9.17, 15) is 24.9 Å². The fourth-order valence-corrected chi connectivity index (χ4v) is 6.73.